The van der Waals surface area contributed by atoms with Crippen LogP contribution in [0.3, 0.4) is 0 Å². The van der Waals surface area contributed by atoms with Gasteiger partial charge in [0.1, 0.15) is 5.91 Å². The molecule has 0 saturated carbocycles. The molecular weight excluding hydrogens is 749 g/mol. The summed E-state index contributed by atoms with van der Waals surface area (Å²) in [6, 6.07) is 5.22. The van der Waals surface area contributed by atoms with E-state index in [0.717, 1.165) is 6.54 Å². The van der Waals surface area contributed by atoms with E-state index < -0.39 is 12.8 Å². The first-order valence-corrected chi connectivity index (χ1v) is 18.5. The average Bonchev–Trinajstić information content (AvgIpc) is 2.39. The molecule has 0 unspecified atom stereocenters. The van der Waals surface area contributed by atoms with Crippen molar-refractivity contribution in [3.63, 3.8) is 0 Å². The van der Waals surface area contributed by atoms with Crippen molar-refractivity contribution in [3.05, 3.63) is 35.4 Å². The Labute approximate surface area is 160 Å². The van der Waals surface area contributed by atoms with Gasteiger partial charge in [-0.15, -0.1) is 6.54 Å². The van der Waals surface area contributed by atoms with Crippen LogP contribution in [-0.2, 0) is 32.8 Å². The number of amides is 1. The first kappa shape index (κ1) is 24.8. The number of nitrogens with zero attached hydrogens (tertiary/aromatic N) is 3. The van der Waals surface area contributed by atoms with Crippen LogP contribution in [0.2, 0.25) is 0 Å². The van der Waals surface area contributed by atoms with Gasteiger partial charge in [0.05, 0.1) is 5.69 Å². The van der Waals surface area contributed by atoms with E-state index in [1.807, 2.05) is 19.0 Å². The van der Waals surface area contributed by atoms with Crippen LogP contribution in [0.4, 0.5) is 0 Å². The van der Waals surface area contributed by atoms with Crippen LogP contribution in [0.25, 0.3) is 5.32 Å². The molecule has 0 saturated heterocycles. The normalized spacial score (nSPS) is 10.8. The molecule has 0 aromatic carbocycles. The molecule has 0 bridgehead atoms. The van der Waals surface area contributed by atoms with Crippen LogP contribution in [0.1, 0.15) is 10.5 Å². The third-order valence-corrected chi connectivity index (χ3v) is 1.69. The molecule has 0 fully saturated rings. The second-order valence-electron chi connectivity index (χ2n) is 3.46. The minimum atomic E-state index is -3.00. The number of hydrogen-bond acceptors (Lipinski definition) is 3. The van der Waals surface area contributed by atoms with Crippen molar-refractivity contribution in [3.8, 4) is 0 Å². The molecule has 1 heterocycles. The Morgan fingerprint density at radius 1 is 1.29 bits per heavy atom. The summed E-state index contributed by atoms with van der Waals surface area (Å²) in [5, 5.41) is 3.89. The Balaban J connectivity index is 0. The molecule has 0 N–H and O–H groups in total. The molecule has 1 rings (SSSR count). The molecule has 11 heteroatoms. The SMILES string of the molecule is CN(C)CC[N-]C(=O)c1ccccn1.[Cl][Au-]([Cl])([Cl])[Cl].[Cl][Au]. The summed E-state index contributed by atoms with van der Waals surface area (Å²) < 4.78 is 0. The van der Waals surface area contributed by atoms with Crippen molar-refractivity contribution in [2.45, 2.75) is 0 Å². The van der Waals surface area contributed by atoms with E-state index in [0.29, 0.717) is 12.2 Å². The van der Waals surface area contributed by atoms with Crippen molar-refractivity contribution in [1.82, 2.24) is 9.88 Å². The third kappa shape index (κ3) is 21.5. The predicted molar refractivity (Wildman–Crippen MR) is 84.6 cm³/mol. The second-order valence-corrected chi connectivity index (χ2v) is 22.2. The van der Waals surface area contributed by atoms with Gasteiger partial charge in [-0.25, -0.2) is 0 Å². The number of rotatable bonds is 4. The number of halogens is 5. The van der Waals surface area contributed by atoms with Gasteiger partial charge < -0.3 is 15.0 Å². The molecular formula is C10H14Au2Cl5N3O-2. The zero-order valence-electron chi connectivity index (χ0n) is 11.0. The fourth-order valence-corrected chi connectivity index (χ4v) is 0.922. The second kappa shape index (κ2) is 15.1. The first-order valence-electron chi connectivity index (χ1n) is 5.04. The Bertz CT molecular complexity index is 373. The Hall–Kier alpha value is 1.51. The van der Waals surface area contributed by atoms with Crippen LogP contribution in [-0.4, -0.2) is 43.0 Å². The standard InChI is InChI=1S/C10H15N3O.2Au.5ClH/c1-13(2)8-7-12-10(14)9-5-3-4-6-11-9;;;;;;;/h3-6H,7-8H2,1-2H3,(H,12,14);;;5*1H/q;+1;+3;;;;;/p-6. The molecule has 1 aromatic heterocycles. The van der Waals surface area contributed by atoms with Gasteiger partial charge in [-0.3, -0.25) is 4.98 Å². The van der Waals surface area contributed by atoms with Gasteiger partial charge in [0.25, 0.3) is 0 Å². The van der Waals surface area contributed by atoms with Gasteiger partial charge >= 0.3 is 78.7 Å². The van der Waals surface area contributed by atoms with Crippen molar-refractivity contribution in [2.24, 2.45) is 0 Å². The molecule has 134 valence electrons. The molecule has 1 amide bonds. The number of carbonyl (C=O) groups excluding carboxylic acids is 1. The Morgan fingerprint density at radius 3 is 2.19 bits per heavy atom. The summed E-state index contributed by atoms with van der Waals surface area (Å²) >= 11 is -1.25. The molecule has 0 aliphatic carbocycles. The number of hydrogen-bond donors (Lipinski definition) is 0. The van der Waals surface area contributed by atoms with E-state index in [4.69, 9.17) is 36.8 Å². The van der Waals surface area contributed by atoms with E-state index in [2.05, 4.69) is 19.5 Å². The molecule has 4 nitrogen and oxygen atoms in total. The number of aromatic nitrogens is 1. The van der Waals surface area contributed by atoms with Gasteiger partial charge in [-0.1, -0.05) is 6.07 Å². The topological polar surface area (TPSA) is 47.3 Å². The predicted octanol–water partition coefficient (Wildman–Crippen LogP) is 4.60. The van der Waals surface area contributed by atoms with E-state index >= 15 is 0 Å². The maximum atomic E-state index is 11.4. The summed E-state index contributed by atoms with van der Waals surface area (Å²) in [5.74, 6) is -0.243. The van der Waals surface area contributed by atoms with E-state index in [1.165, 1.54) is 0 Å². The molecule has 0 radical (unpaired) electrons. The van der Waals surface area contributed by atoms with Gasteiger partial charge in [0, 0.05) is 6.20 Å². The van der Waals surface area contributed by atoms with Crippen LogP contribution < -0.4 is 0 Å². The summed E-state index contributed by atoms with van der Waals surface area (Å²) in [6.45, 7) is 1.29. The molecule has 0 aliphatic rings. The zero-order valence-corrected chi connectivity index (χ0v) is 19.1. The maximum absolute atomic E-state index is 11.4. The fraction of sp³-hybridized carbons (Fsp3) is 0.400. The number of pyridine rings is 1. The first-order chi connectivity index (χ1) is 9.70. The molecule has 1 aromatic rings. The van der Waals surface area contributed by atoms with Gasteiger partial charge in [0.2, 0.25) is 0 Å². The summed E-state index contributed by atoms with van der Waals surface area (Å²) in [5.41, 5.74) is 0.409. The molecule has 0 spiro atoms. The van der Waals surface area contributed by atoms with Crippen LogP contribution in [0.15, 0.2) is 24.4 Å². The van der Waals surface area contributed by atoms with Gasteiger partial charge in [-0.2, -0.15) is 0 Å². The van der Waals surface area contributed by atoms with Crippen LogP contribution >= 0.6 is 45.9 Å². The Morgan fingerprint density at radius 2 is 1.81 bits per heavy atom. The number of carbonyl (C=O) groups is 1. The van der Waals surface area contributed by atoms with Crippen LogP contribution in [0.5, 0.6) is 0 Å². The van der Waals surface area contributed by atoms with Crippen molar-refractivity contribution >= 4 is 51.9 Å². The van der Waals surface area contributed by atoms with Gasteiger partial charge in [-0.05, 0) is 32.8 Å². The quantitative estimate of drug-likeness (QED) is 0.422. The zero-order chi connectivity index (χ0) is 16.9. The average molecular weight is 763 g/mol. The van der Waals surface area contributed by atoms with Crippen molar-refractivity contribution in [2.75, 3.05) is 27.2 Å². The fourth-order valence-electron chi connectivity index (χ4n) is 0.922. The molecule has 0 atom stereocenters. The monoisotopic (exact) mass is 761 g/mol. The minimum absolute atomic E-state index is 0.243. The number of likely N-dealkylation sites (N-methyl/N-ethyl adjacent to an activating group) is 1. The molecule has 21 heavy (non-hydrogen) atoms. The Kier molecular flexibility index (Phi) is 17.8. The van der Waals surface area contributed by atoms with E-state index in [1.54, 1.807) is 44.4 Å². The van der Waals surface area contributed by atoms with Crippen molar-refractivity contribution in [1.29, 1.82) is 0 Å². The summed E-state index contributed by atoms with van der Waals surface area (Å²) in [7, 11) is 28.5. The third-order valence-electron chi connectivity index (χ3n) is 1.69. The molecule has 0 aliphatic heterocycles. The van der Waals surface area contributed by atoms with Gasteiger partial charge in [0.15, 0.2) is 0 Å². The summed E-state index contributed by atoms with van der Waals surface area (Å²) in [4.78, 5) is 17.3. The van der Waals surface area contributed by atoms with E-state index in [-0.39, 0.29) is 5.91 Å². The van der Waals surface area contributed by atoms with E-state index in [9.17, 15) is 4.79 Å². The summed E-state index contributed by atoms with van der Waals surface area (Å²) in [6.07, 6.45) is 1.59. The van der Waals surface area contributed by atoms with Crippen molar-refractivity contribution < 1.29 is 37.6 Å². The van der Waals surface area contributed by atoms with Crippen LogP contribution in [0, 0.1) is 0 Å².